The second-order valence-corrected chi connectivity index (χ2v) is 6.91. The maximum Gasteiger partial charge on any atom is 0.322 e. The van der Waals surface area contributed by atoms with E-state index in [1.54, 1.807) is 23.1 Å². The molecule has 2 amide bonds. The number of hydrogen-bond acceptors (Lipinski definition) is 2. The summed E-state index contributed by atoms with van der Waals surface area (Å²) in [5.74, 6) is -0.481. The van der Waals surface area contributed by atoms with Crippen molar-refractivity contribution in [2.24, 2.45) is 0 Å². The molecule has 124 valence electrons. The number of fused-ring (bicyclic) bond motifs is 4. The molecule has 1 aromatic heterocycles. The number of carbonyl (C=O) groups excluding carboxylic acids is 1. The van der Waals surface area contributed by atoms with Crippen molar-refractivity contribution in [3.8, 4) is 0 Å². The number of carbonyl (C=O) groups is 1. The van der Waals surface area contributed by atoms with Crippen LogP contribution in [0.4, 0.5) is 14.9 Å². The van der Waals surface area contributed by atoms with E-state index in [9.17, 15) is 9.18 Å². The number of benzene rings is 1. The van der Waals surface area contributed by atoms with Gasteiger partial charge in [0.05, 0.1) is 16.1 Å². The molecule has 0 saturated carbocycles. The van der Waals surface area contributed by atoms with Gasteiger partial charge in [-0.15, -0.1) is 0 Å². The Kier molecular flexibility index (Phi) is 3.85. The number of hydrogen-bond donors (Lipinski definition) is 1. The number of nitrogens with one attached hydrogen (secondary N) is 1. The first-order valence-electron chi connectivity index (χ1n) is 7.72. The standard InChI is InChI=1S/C17H14Cl2FN3O/c18-12-3-1-10(8-13(12)19)22-17(24)23-11-2-4-14(23)15-9(7-11)5-6-21-16(15)20/h1,3,5-6,8,11,14H,2,4,7H2,(H,22,24)/t11-,14+/m0/s1. The largest absolute Gasteiger partial charge is 0.322 e. The predicted molar refractivity (Wildman–Crippen MR) is 91.0 cm³/mol. The van der Waals surface area contributed by atoms with Crippen LogP contribution in [0.1, 0.15) is 30.0 Å². The summed E-state index contributed by atoms with van der Waals surface area (Å²) in [6.07, 6.45) is 3.74. The predicted octanol–water partition coefficient (Wildman–Crippen LogP) is 4.82. The quantitative estimate of drug-likeness (QED) is 0.736. The fourth-order valence-corrected chi connectivity index (χ4v) is 4.00. The first-order chi connectivity index (χ1) is 11.5. The van der Waals surface area contributed by atoms with Gasteiger partial charge in [-0.05, 0) is 49.1 Å². The highest BCUT2D eigenvalue weighted by molar-refractivity contribution is 6.42. The molecule has 2 aliphatic rings. The Labute approximate surface area is 148 Å². The number of aromatic nitrogens is 1. The number of nitrogens with zero attached hydrogens (tertiary/aromatic N) is 2. The molecule has 4 nitrogen and oxygen atoms in total. The molecule has 0 unspecified atom stereocenters. The number of anilines is 1. The first kappa shape index (κ1) is 15.7. The van der Waals surface area contributed by atoms with E-state index in [1.807, 2.05) is 6.07 Å². The summed E-state index contributed by atoms with van der Waals surface area (Å²) in [6.45, 7) is 0. The van der Waals surface area contributed by atoms with Crippen LogP contribution in [-0.4, -0.2) is 22.0 Å². The van der Waals surface area contributed by atoms with Gasteiger partial charge in [0.15, 0.2) is 0 Å². The van der Waals surface area contributed by atoms with Gasteiger partial charge in [-0.25, -0.2) is 9.78 Å². The Bertz CT molecular complexity index is 829. The number of urea groups is 1. The van der Waals surface area contributed by atoms with Gasteiger partial charge >= 0.3 is 6.03 Å². The van der Waals surface area contributed by atoms with E-state index in [2.05, 4.69) is 10.3 Å². The molecular weight excluding hydrogens is 352 g/mol. The van der Waals surface area contributed by atoms with Gasteiger partial charge in [-0.2, -0.15) is 4.39 Å². The van der Waals surface area contributed by atoms with Crippen LogP contribution in [0.15, 0.2) is 30.5 Å². The molecule has 1 N–H and O–H groups in total. The average Bonchev–Trinajstić information content (AvgIpc) is 2.85. The molecule has 1 saturated heterocycles. The number of amides is 2. The lowest BCUT2D eigenvalue weighted by molar-refractivity contribution is 0.177. The number of halogens is 3. The minimum atomic E-state index is -0.481. The highest BCUT2D eigenvalue weighted by Crippen LogP contribution is 2.44. The molecule has 3 heterocycles. The van der Waals surface area contributed by atoms with Gasteiger partial charge in [-0.1, -0.05) is 23.2 Å². The smallest absolute Gasteiger partial charge is 0.314 e. The van der Waals surface area contributed by atoms with Crippen LogP contribution in [0.25, 0.3) is 0 Å². The maximum atomic E-state index is 14.2. The van der Waals surface area contributed by atoms with Crippen molar-refractivity contribution in [3.63, 3.8) is 0 Å². The highest BCUT2D eigenvalue weighted by Gasteiger charge is 2.44. The molecule has 0 aliphatic carbocycles. The van der Waals surface area contributed by atoms with Crippen molar-refractivity contribution in [3.05, 3.63) is 57.6 Å². The third-order valence-electron chi connectivity index (χ3n) is 4.73. The minimum Gasteiger partial charge on any atom is -0.314 e. The van der Waals surface area contributed by atoms with Crippen LogP contribution < -0.4 is 5.32 Å². The summed E-state index contributed by atoms with van der Waals surface area (Å²) in [4.78, 5) is 18.2. The van der Waals surface area contributed by atoms with Crippen molar-refractivity contribution in [2.75, 3.05) is 5.32 Å². The normalized spacial score (nSPS) is 21.5. The zero-order chi connectivity index (χ0) is 16.8. The van der Waals surface area contributed by atoms with Gasteiger partial charge in [-0.3, -0.25) is 0 Å². The molecule has 2 aromatic rings. The molecule has 0 spiro atoms. The van der Waals surface area contributed by atoms with Crippen LogP contribution in [-0.2, 0) is 6.42 Å². The van der Waals surface area contributed by atoms with E-state index in [0.717, 1.165) is 18.4 Å². The summed E-state index contributed by atoms with van der Waals surface area (Å²) in [5.41, 5.74) is 2.07. The van der Waals surface area contributed by atoms with E-state index >= 15 is 0 Å². The first-order valence-corrected chi connectivity index (χ1v) is 8.48. The topological polar surface area (TPSA) is 45.2 Å². The second kappa shape index (κ2) is 5.90. The Morgan fingerprint density at radius 2 is 2.08 bits per heavy atom. The van der Waals surface area contributed by atoms with Crippen LogP contribution >= 0.6 is 23.2 Å². The van der Waals surface area contributed by atoms with E-state index in [-0.39, 0.29) is 18.1 Å². The lowest BCUT2D eigenvalue weighted by atomic mass is 9.95. The molecule has 1 aromatic carbocycles. The van der Waals surface area contributed by atoms with Gasteiger partial charge in [0.2, 0.25) is 5.95 Å². The third kappa shape index (κ3) is 2.52. The maximum absolute atomic E-state index is 14.2. The van der Waals surface area contributed by atoms with E-state index < -0.39 is 5.95 Å². The molecule has 0 radical (unpaired) electrons. The van der Waals surface area contributed by atoms with Crippen LogP contribution in [0.5, 0.6) is 0 Å². The number of pyridine rings is 1. The summed E-state index contributed by atoms with van der Waals surface area (Å²) >= 11 is 11.9. The average molecular weight is 366 g/mol. The van der Waals surface area contributed by atoms with Gasteiger partial charge in [0.25, 0.3) is 0 Å². The van der Waals surface area contributed by atoms with Crippen molar-refractivity contribution in [2.45, 2.75) is 31.3 Å². The molecular formula is C17H14Cl2FN3O. The van der Waals surface area contributed by atoms with Crippen molar-refractivity contribution >= 4 is 34.9 Å². The fourth-order valence-electron chi connectivity index (χ4n) is 3.70. The summed E-state index contributed by atoms with van der Waals surface area (Å²) in [5, 5.41) is 3.63. The minimum absolute atomic E-state index is 0.0760. The molecule has 2 bridgehead atoms. The lowest BCUT2D eigenvalue weighted by Gasteiger charge is -2.36. The molecule has 7 heteroatoms. The van der Waals surface area contributed by atoms with E-state index in [0.29, 0.717) is 27.7 Å². The van der Waals surface area contributed by atoms with E-state index in [4.69, 9.17) is 23.2 Å². The highest BCUT2D eigenvalue weighted by atomic mass is 35.5. The fraction of sp³-hybridized carbons (Fsp3) is 0.294. The van der Waals surface area contributed by atoms with Crippen molar-refractivity contribution in [1.29, 1.82) is 0 Å². The Morgan fingerprint density at radius 3 is 2.88 bits per heavy atom. The van der Waals surface area contributed by atoms with Crippen LogP contribution in [0.3, 0.4) is 0 Å². The second-order valence-electron chi connectivity index (χ2n) is 6.09. The molecule has 2 aliphatic heterocycles. The van der Waals surface area contributed by atoms with Crippen molar-refractivity contribution in [1.82, 2.24) is 9.88 Å². The molecule has 24 heavy (non-hydrogen) atoms. The number of rotatable bonds is 1. The van der Waals surface area contributed by atoms with Gasteiger partial charge in [0, 0.05) is 23.5 Å². The zero-order valence-corrected chi connectivity index (χ0v) is 14.1. The molecule has 1 fully saturated rings. The van der Waals surface area contributed by atoms with Gasteiger partial charge < -0.3 is 10.2 Å². The van der Waals surface area contributed by atoms with Crippen LogP contribution in [0.2, 0.25) is 10.0 Å². The Balaban J connectivity index is 1.62. The summed E-state index contributed by atoms with van der Waals surface area (Å²) in [6, 6.07) is 6.32. The van der Waals surface area contributed by atoms with Crippen LogP contribution in [0, 0.1) is 5.95 Å². The Morgan fingerprint density at radius 1 is 1.25 bits per heavy atom. The third-order valence-corrected chi connectivity index (χ3v) is 5.47. The van der Waals surface area contributed by atoms with Crippen molar-refractivity contribution < 1.29 is 9.18 Å². The SMILES string of the molecule is O=C(Nc1ccc(Cl)c(Cl)c1)N1[C@H]2CC[C@@H]1c1c(ccnc1F)C2. The zero-order valence-electron chi connectivity index (χ0n) is 12.6. The molecule has 4 rings (SSSR count). The van der Waals surface area contributed by atoms with E-state index in [1.165, 1.54) is 6.20 Å². The molecule has 2 atom stereocenters. The lowest BCUT2D eigenvalue weighted by Crippen LogP contribution is -2.44. The Hall–Kier alpha value is -1.85. The summed E-state index contributed by atoms with van der Waals surface area (Å²) in [7, 11) is 0. The van der Waals surface area contributed by atoms with Gasteiger partial charge in [0.1, 0.15) is 0 Å². The summed E-state index contributed by atoms with van der Waals surface area (Å²) < 4.78 is 14.2. The monoisotopic (exact) mass is 365 g/mol.